The van der Waals surface area contributed by atoms with Crippen molar-refractivity contribution in [1.82, 2.24) is 5.32 Å². The summed E-state index contributed by atoms with van der Waals surface area (Å²) in [7, 11) is 0. The molecule has 1 fully saturated rings. The quantitative estimate of drug-likeness (QED) is 0.726. The van der Waals surface area contributed by atoms with Gasteiger partial charge in [0.2, 0.25) is 5.91 Å². The van der Waals surface area contributed by atoms with Crippen molar-refractivity contribution < 1.29 is 4.79 Å². The van der Waals surface area contributed by atoms with Gasteiger partial charge in [0.1, 0.15) is 0 Å². The van der Waals surface area contributed by atoms with Gasteiger partial charge in [0.05, 0.1) is 10.9 Å². The molecule has 1 aliphatic carbocycles. The molecule has 1 aliphatic rings. The maximum atomic E-state index is 12.4. The number of nitrogens with two attached hydrogens (primary N) is 1. The van der Waals surface area contributed by atoms with E-state index in [1.54, 1.807) is 0 Å². The van der Waals surface area contributed by atoms with Crippen LogP contribution in [0.2, 0.25) is 0 Å². The summed E-state index contributed by atoms with van der Waals surface area (Å²) >= 11 is 5.08. The zero-order chi connectivity index (χ0) is 15.3. The second-order valence-corrected chi connectivity index (χ2v) is 6.58. The van der Waals surface area contributed by atoms with Gasteiger partial charge in [-0.2, -0.15) is 0 Å². The fraction of sp³-hybridized carbons (Fsp3) is 0.529. The van der Waals surface area contributed by atoms with E-state index in [1.807, 2.05) is 30.3 Å². The van der Waals surface area contributed by atoms with Crippen LogP contribution in [0, 0.1) is 11.3 Å². The first kappa shape index (κ1) is 16.0. The number of amides is 1. The van der Waals surface area contributed by atoms with Gasteiger partial charge in [-0.1, -0.05) is 55.9 Å². The first-order valence-electron chi connectivity index (χ1n) is 7.67. The summed E-state index contributed by atoms with van der Waals surface area (Å²) in [5, 5.41) is 3.07. The van der Waals surface area contributed by atoms with Gasteiger partial charge >= 0.3 is 0 Å². The first-order chi connectivity index (χ1) is 10.1. The van der Waals surface area contributed by atoms with Crippen molar-refractivity contribution in [3.05, 3.63) is 35.9 Å². The average molecular weight is 304 g/mol. The molecule has 0 bridgehead atoms. The van der Waals surface area contributed by atoms with E-state index in [0.717, 1.165) is 12.1 Å². The Balaban J connectivity index is 1.92. The van der Waals surface area contributed by atoms with E-state index in [4.69, 9.17) is 18.0 Å². The molecule has 114 valence electrons. The Bertz CT molecular complexity index is 497. The summed E-state index contributed by atoms with van der Waals surface area (Å²) in [6.45, 7) is 2.95. The topological polar surface area (TPSA) is 55.1 Å². The Labute approximate surface area is 132 Å². The lowest BCUT2D eigenvalue weighted by atomic mass is 9.97. The molecule has 21 heavy (non-hydrogen) atoms. The molecule has 1 aromatic rings. The molecule has 0 saturated heterocycles. The number of rotatable bonds is 8. The number of nitrogens with one attached hydrogen (secondary N) is 1. The van der Waals surface area contributed by atoms with Crippen LogP contribution in [-0.2, 0) is 11.2 Å². The van der Waals surface area contributed by atoms with Crippen LogP contribution in [0.3, 0.4) is 0 Å². The lowest BCUT2D eigenvalue weighted by Gasteiger charge is -2.19. The highest BCUT2D eigenvalue weighted by atomic mass is 32.1. The molecule has 1 unspecified atom stereocenters. The van der Waals surface area contributed by atoms with Crippen LogP contribution in [0.4, 0.5) is 0 Å². The summed E-state index contributed by atoms with van der Waals surface area (Å²) in [6.07, 6.45) is 5.36. The number of carbonyl (C=O) groups is 1. The zero-order valence-corrected chi connectivity index (χ0v) is 13.4. The number of thiocarbonyl (C=S) groups is 1. The smallest absolute Gasteiger partial charge is 0.230 e. The molecular weight excluding hydrogens is 280 g/mol. The average Bonchev–Trinajstić information content (AvgIpc) is 3.24. The molecular formula is C17H24N2OS. The van der Waals surface area contributed by atoms with Gasteiger partial charge in [-0.15, -0.1) is 0 Å². The Morgan fingerprint density at radius 2 is 2.05 bits per heavy atom. The SMILES string of the molecule is CCCC1(CNC(=O)C(Cc2ccccc2)C(N)=S)CC1. The molecule has 0 aromatic heterocycles. The molecule has 1 amide bonds. The maximum Gasteiger partial charge on any atom is 0.230 e. The first-order valence-corrected chi connectivity index (χ1v) is 8.08. The summed E-state index contributed by atoms with van der Waals surface area (Å²) in [4.78, 5) is 12.7. The van der Waals surface area contributed by atoms with Gasteiger partial charge in [0.25, 0.3) is 0 Å². The van der Waals surface area contributed by atoms with E-state index in [9.17, 15) is 4.79 Å². The number of benzene rings is 1. The highest BCUT2D eigenvalue weighted by Crippen LogP contribution is 2.48. The van der Waals surface area contributed by atoms with E-state index in [-0.39, 0.29) is 10.9 Å². The van der Waals surface area contributed by atoms with E-state index >= 15 is 0 Å². The number of hydrogen-bond acceptors (Lipinski definition) is 2. The van der Waals surface area contributed by atoms with E-state index in [2.05, 4.69) is 12.2 Å². The van der Waals surface area contributed by atoms with Crippen LogP contribution in [-0.4, -0.2) is 17.4 Å². The molecule has 4 heteroatoms. The predicted octanol–water partition coefficient (Wildman–Crippen LogP) is 2.83. The van der Waals surface area contributed by atoms with Gasteiger partial charge in [0.15, 0.2) is 0 Å². The van der Waals surface area contributed by atoms with Crippen LogP contribution in [0.1, 0.15) is 38.2 Å². The third kappa shape index (κ3) is 4.53. The molecule has 0 radical (unpaired) electrons. The van der Waals surface area contributed by atoms with Crippen molar-refractivity contribution in [2.45, 2.75) is 39.0 Å². The fourth-order valence-corrected chi connectivity index (χ4v) is 2.98. The highest BCUT2D eigenvalue weighted by molar-refractivity contribution is 7.80. The minimum absolute atomic E-state index is 0.0336. The normalized spacial score (nSPS) is 17.0. The third-order valence-corrected chi connectivity index (χ3v) is 4.60. The van der Waals surface area contributed by atoms with Gasteiger partial charge in [0, 0.05) is 6.54 Å². The summed E-state index contributed by atoms with van der Waals surface area (Å²) in [6, 6.07) is 9.88. The van der Waals surface area contributed by atoms with Gasteiger partial charge in [-0.3, -0.25) is 4.79 Å². The Morgan fingerprint density at radius 3 is 2.57 bits per heavy atom. The van der Waals surface area contributed by atoms with Crippen LogP contribution in [0.5, 0.6) is 0 Å². The van der Waals surface area contributed by atoms with Gasteiger partial charge < -0.3 is 11.1 Å². The van der Waals surface area contributed by atoms with E-state index in [0.29, 0.717) is 11.8 Å². The molecule has 0 spiro atoms. The highest BCUT2D eigenvalue weighted by Gasteiger charge is 2.41. The number of hydrogen-bond donors (Lipinski definition) is 2. The monoisotopic (exact) mass is 304 g/mol. The number of carbonyl (C=O) groups excluding carboxylic acids is 1. The van der Waals surface area contributed by atoms with Crippen molar-refractivity contribution >= 4 is 23.1 Å². The second-order valence-electron chi connectivity index (χ2n) is 6.11. The maximum absolute atomic E-state index is 12.4. The fourth-order valence-electron chi connectivity index (χ4n) is 2.79. The predicted molar refractivity (Wildman–Crippen MR) is 90.0 cm³/mol. The minimum Gasteiger partial charge on any atom is -0.393 e. The molecule has 3 N–H and O–H groups in total. The van der Waals surface area contributed by atoms with Crippen molar-refractivity contribution in [3.63, 3.8) is 0 Å². The van der Waals surface area contributed by atoms with Crippen molar-refractivity contribution in [1.29, 1.82) is 0 Å². The van der Waals surface area contributed by atoms with E-state index in [1.165, 1.54) is 25.7 Å². The lowest BCUT2D eigenvalue weighted by molar-refractivity contribution is -0.123. The second kappa shape index (κ2) is 7.03. The standard InChI is InChI=1S/C17H24N2OS/c1-2-8-17(9-10-17)12-19-16(20)14(15(18)21)11-13-6-4-3-5-7-13/h3-7,14H,2,8-12H2,1H3,(H2,18,21)(H,19,20). The van der Waals surface area contributed by atoms with Crippen molar-refractivity contribution in [2.24, 2.45) is 17.1 Å². The van der Waals surface area contributed by atoms with Crippen molar-refractivity contribution in [3.8, 4) is 0 Å². The Morgan fingerprint density at radius 1 is 1.38 bits per heavy atom. The van der Waals surface area contributed by atoms with Gasteiger partial charge in [-0.25, -0.2) is 0 Å². The molecule has 1 saturated carbocycles. The lowest BCUT2D eigenvalue weighted by Crippen LogP contribution is -2.41. The Kier molecular flexibility index (Phi) is 5.34. The molecule has 1 aromatic carbocycles. The van der Waals surface area contributed by atoms with Crippen LogP contribution >= 0.6 is 12.2 Å². The molecule has 3 nitrogen and oxygen atoms in total. The minimum atomic E-state index is -0.417. The molecule has 1 atom stereocenters. The third-order valence-electron chi connectivity index (χ3n) is 4.32. The Hall–Kier alpha value is -1.42. The summed E-state index contributed by atoms with van der Waals surface area (Å²) in [5.74, 6) is -0.450. The largest absolute Gasteiger partial charge is 0.393 e. The van der Waals surface area contributed by atoms with Crippen LogP contribution < -0.4 is 11.1 Å². The molecule has 0 aliphatic heterocycles. The van der Waals surface area contributed by atoms with Crippen LogP contribution in [0.15, 0.2) is 30.3 Å². The molecule has 2 rings (SSSR count). The summed E-state index contributed by atoms with van der Waals surface area (Å²) in [5.41, 5.74) is 7.20. The zero-order valence-electron chi connectivity index (χ0n) is 12.6. The van der Waals surface area contributed by atoms with Gasteiger partial charge in [-0.05, 0) is 36.7 Å². The van der Waals surface area contributed by atoms with Crippen molar-refractivity contribution in [2.75, 3.05) is 6.54 Å². The van der Waals surface area contributed by atoms with E-state index < -0.39 is 5.92 Å². The van der Waals surface area contributed by atoms with Crippen LogP contribution in [0.25, 0.3) is 0 Å². The summed E-state index contributed by atoms with van der Waals surface area (Å²) < 4.78 is 0. The molecule has 0 heterocycles.